The molecule has 2 aromatic heterocycles. The van der Waals surface area contributed by atoms with Gasteiger partial charge in [0.25, 0.3) is 0 Å². The van der Waals surface area contributed by atoms with E-state index in [0.717, 1.165) is 33.0 Å². The Labute approximate surface area is 197 Å². The molecule has 0 bridgehead atoms. The van der Waals surface area contributed by atoms with Crippen molar-refractivity contribution >= 4 is 48.2 Å². The van der Waals surface area contributed by atoms with Crippen LogP contribution in [0.1, 0.15) is 28.8 Å². The summed E-state index contributed by atoms with van der Waals surface area (Å²) in [5.41, 5.74) is 4.32. The van der Waals surface area contributed by atoms with Gasteiger partial charge in [-0.25, -0.2) is 4.79 Å². The van der Waals surface area contributed by atoms with Crippen molar-refractivity contribution in [1.29, 1.82) is 0 Å². The molecule has 0 aliphatic rings. The lowest BCUT2D eigenvalue weighted by Gasteiger charge is -2.09. The lowest BCUT2D eigenvalue weighted by molar-refractivity contribution is -0.139. The van der Waals surface area contributed by atoms with Gasteiger partial charge in [0.1, 0.15) is 5.75 Å². The fourth-order valence-electron chi connectivity index (χ4n) is 3.20. The van der Waals surface area contributed by atoms with Crippen molar-refractivity contribution < 1.29 is 19.0 Å². The van der Waals surface area contributed by atoms with E-state index >= 15 is 0 Å². The second-order valence-electron chi connectivity index (χ2n) is 7.44. The third kappa shape index (κ3) is 6.95. The third-order valence-electron chi connectivity index (χ3n) is 4.79. The minimum Gasteiger partial charge on any atom is -0.482 e. The zero-order valence-corrected chi connectivity index (χ0v) is 19.4. The van der Waals surface area contributed by atoms with Crippen molar-refractivity contribution in [2.75, 3.05) is 6.61 Å². The lowest BCUT2D eigenvalue weighted by atomic mass is 9.90. The maximum absolute atomic E-state index is 14.5. The quantitative estimate of drug-likeness (QED) is 0.267. The first-order valence-electron chi connectivity index (χ1n) is 10.4. The van der Waals surface area contributed by atoms with Gasteiger partial charge in [0, 0.05) is 16.3 Å². The second kappa shape index (κ2) is 11.3. The highest BCUT2D eigenvalue weighted by Crippen LogP contribution is 2.22. The number of thiophene rings is 1. The molecule has 0 saturated carbocycles. The summed E-state index contributed by atoms with van der Waals surface area (Å²) in [5.74, 6) is -0.545. The minimum absolute atomic E-state index is 0.385. The highest BCUT2D eigenvalue weighted by Gasteiger charge is 2.15. The number of nitrogens with zero attached hydrogens (tertiary/aromatic N) is 1. The Hall–Kier alpha value is -3.58. The summed E-state index contributed by atoms with van der Waals surface area (Å²) in [6, 6.07) is 14.8. The van der Waals surface area contributed by atoms with Gasteiger partial charge in [-0.3, -0.25) is 0 Å². The number of allylic oxidation sites excluding steroid dienone is 4. The van der Waals surface area contributed by atoms with Crippen LogP contribution in [0.5, 0.6) is 5.75 Å². The third-order valence-corrected chi connectivity index (χ3v) is 5.73. The highest BCUT2D eigenvalue weighted by molar-refractivity contribution is 7.11. The Bertz CT molecular complexity index is 1190. The van der Waals surface area contributed by atoms with E-state index in [1.165, 1.54) is 6.82 Å². The Morgan fingerprint density at radius 3 is 2.52 bits per heavy atom. The molecule has 7 heteroatoms. The smallest absolute Gasteiger partial charge is 0.462 e. The molecule has 0 atom stereocenters. The van der Waals surface area contributed by atoms with Gasteiger partial charge in [-0.1, -0.05) is 43.0 Å². The lowest BCUT2D eigenvalue weighted by Crippen LogP contribution is -2.17. The molecule has 1 aromatic carbocycles. The number of ether oxygens (including phenoxy) is 1. The molecular weight excluding hydrogens is 436 g/mol. The fraction of sp³-hybridized carbons (Fsp3) is 0.115. The minimum atomic E-state index is -1.20. The van der Waals surface area contributed by atoms with Crippen LogP contribution in [0.3, 0.4) is 0 Å². The maximum Gasteiger partial charge on any atom is 0.462 e. The molecule has 1 N–H and O–H groups in total. The van der Waals surface area contributed by atoms with E-state index < -0.39 is 13.1 Å². The number of rotatable bonds is 10. The first-order chi connectivity index (χ1) is 15.8. The number of benzene rings is 1. The normalized spacial score (nSPS) is 11.9. The number of aromatic nitrogens is 1. The van der Waals surface area contributed by atoms with Gasteiger partial charge >= 0.3 is 13.1 Å². The summed E-state index contributed by atoms with van der Waals surface area (Å²) in [7, 11) is -1.20. The standard InChI is InChI=1S/C26H25BFNO3S/c1-19(6-7-20(2)25-5-4-16-33-25)17-23-13-12-22(29(23)27(3)28)11-8-21-9-14-24(15-10-21)32-18-26(30)31/h4-17H,2,18H2,1,3H3,(H,30,31)/b7-6-,11-8+,19-17+. The number of hydrogen-bond donors (Lipinski definition) is 1. The first-order valence-corrected chi connectivity index (χ1v) is 11.3. The molecule has 0 unspecified atom stereocenters. The largest absolute Gasteiger partial charge is 0.482 e. The summed E-state index contributed by atoms with van der Waals surface area (Å²) in [6.45, 7) is 7.19. The molecule has 0 spiro atoms. The number of halogens is 1. The van der Waals surface area contributed by atoms with E-state index in [4.69, 9.17) is 9.84 Å². The van der Waals surface area contributed by atoms with Crippen molar-refractivity contribution in [1.82, 2.24) is 4.48 Å². The average molecular weight is 461 g/mol. The predicted octanol–water partition coefficient (Wildman–Crippen LogP) is 6.79. The Balaban J connectivity index is 1.74. The highest BCUT2D eigenvalue weighted by atomic mass is 32.1. The monoisotopic (exact) mass is 461 g/mol. The van der Waals surface area contributed by atoms with Crippen LogP contribution in [-0.2, 0) is 4.79 Å². The molecule has 0 radical (unpaired) electrons. The number of aliphatic carboxylic acids is 1. The van der Waals surface area contributed by atoms with Crippen molar-refractivity contribution in [3.63, 3.8) is 0 Å². The molecule has 0 saturated heterocycles. The van der Waals surface area contributed by atoms with Crippen molar-refractivity contribution in [3.05, 3.63) is 100 Å². The molecule has 168 valence electrons. The van der Waals surface area contributed by atoms with E-state index in [9.17, 15) is 9.11 Å². The van der Waals surface area contributed by atoms with Crippen molar-refractivity contribution in [2.45, 2.75) is 13.7 Å². The van der Waals surface area contributed by atoms with Crippen LogP contribution < -0.4 is 4.74 Å². The molecule has 33 heavy (non-hydrogen) atoms. The van der Waals surface area contributed by atoms with Gasteiger partial charge in [-0.2, -0.15) is 0 Å². The van der Waals surface area contributed by atoms with E-state index in [2.05, 4.69) is 6.58 Å². The molecule has 0 amide bonds. The molecule has 4 nitrogen and oxygen atoms in total. The Morgan fingerprint density at radius 1 is 1.15 bits per heavy atom. The van der Waals surface area contributed by atoms with Crippen LogP contribution in [0.25, 0.3) is 23.8 Å². The van der Waals surface area contributed by atoms with Crippen molar-refractivity contribution in [3.8, 4) is 5.75 Å². The van der Waals surface area contributed by atoms with Gasteiger partial charge in [-0.05, 0) is 78.3 Å². The summed E-state index contributed by atoms with van der Waals surface area (Å²) >= 11 is 1.64. The molecule has 2 heterocycles. The molecule has 0 fully saturated rings. The summed E-state index contributed by atoms with van der Waals surface area (Å²) < 4.78 is 21.2. The van der Waals surface area contributed by atoms with Gasteiger partial charge in [0.05, 0.1) is 0 Å². The van der Waals surface area contributed by atoms with Crippen LogP contribution in [0.2, 0.25) is 6.82 Å². The molecule has 3 rings (SSSR count). The first kappa shape index (κ1) is 24.1. The summed E-state index contributed by atoms with van der Waals surface area (Å²) in [6.07, 6.45) is 9.62. The summed E-state index contributed by atoms with van der Waals surface area (Å²) in [5, 5.41) is 10.7. The average Bonchev–Trinajstić information content (AvgIpc) is 3.45. The van der Waals surface area contributed by atoms with E-state index in [0.29, 0.717) is 5.75 Å². The second-order valence-corrected chi connectivity index (χ2v) is 8.38. The number of carbonyl (C=O) groups is 1. The van der Waals surface area contributed by atoms with Crippen LogP contribution in [-0.4, -0.2) is 29.3 Å². The molecule has 0 aliphatic heterocycles. The maximum atomic E-state index is 14.5. The van der Waals surface area contributed by atoms with Gasteiger partial charge in [-0.15, -0.1) is 11.3 Å². The zero-order chi connectivity index (χ0) is 23.8. The van der Waals surface area contributed by atoms with Gasteiger partial charge in [0.2, 0.25) is 0 Å². The van der Waals surface area contributed by atoms with Crippen LogP contribution in [0, 0.1) is 0 Å². The number of hydrogen-bond acceptors (Lipinski definition) is 3. The molecule has 0 aliphatic carbocycles. The molecule has 3 aromatic rings. The Morgan fingerprint density at radius 2 is 1.88 bits per heavy atom. The van der Waals surface area contributed by atoms with Crippen LogP contribution in [0.4, 0.5) is 4.32 Å². The Kier molecular flexibility index (Phi) is 8.27. The topological polar surface area (TPSA) is 51.5 Å². The van der Waals surface area contributed by atoms with Gasteiger partial charge < -0.3 is 18.6 Å². The van der Waals surface area contributed by atoms with E-state index in [1.54, 1.807) is 27.9 Å². The van der Waals surface area contributed by atoms with Crippen LogP contribution >= 0.6 is 11.3 Å². The van der Waals surface area contributed by atoms with Crippen molar-refractivity contribution in [2.24, 2.45) is 0 Å². The van der Waals surface area contributed by atoms with E-state index in [1.807, 2.05) is 79.1 Å². The summed E-state index contributed by atoms with van der Waals surface area (Å²) in [4.78, 5) is 11.7. The zero-order valence-electron chi connectivity index (χ0n) is 18.6. The molecular formula is C26H25BFNO3S. The number of carboxylic acid groups (broad SMARTS) is 1. The van der Waals surface area contributed by atoms with E-state index in [-0.39, 0.29) is 6.61 Å². The SMILES string of the molecule is C=C(/C=C\C(C)=C\c1ccc(/C=C/c2ccc(OCC(=O)O)cc2)n1B(C)F)c1cccs1. The fourth-order valence-corrected chi connectivity index (χ4v) is 3.88. The van der Waals surface area contributed by atoms with Crippen LogP contribution in [0.15, 0.2) is 78.2 Å². The number of carboxylic acids is 1. The van der Waals surface area contributed by atoms with Gasteiger partial charge in [0.15, 0.2) is 6.61 Å². The predicted molar refractivity (Wildman–Crippen MR) is 137 cm³/mol.